The second-order valence-electron chi connectivity index (χ2n) is 28.8. The predicted molar refractivity (Wildman–Crippen MR) is 304 cm³/mol. The second kappa shape index (κ2) is 18.8. The van der Waals surface area contributed by atoms with Gasteiger partial charge >= 0.3 is 16.5 Å². The van der Waals surface area contributed by atoms with Gasteiger partial charge in [0.05, 0.1) is 12.2 Å². The van der Waals surface area contributed by atoms with Crippen LogP contribution in [0.1, 0.15) is 237 Å². The van der Waals surface area contributed by atoms with E-state index in [1.54, 1.807) is 0 Å². The quantitative estimate of drug-likeness (QED) is 0.159. The zero-order valence-electron chi connectivity index (χ0n) is 48.5. The number of hydrogen-bond donors (Lipinski definition) is 0. The highest BCUT2D eigenvalue weighted by Gasteiger charge is 2.32. The fourth-order valence-corrected chi connectivity index (χ4v) is 11.4. The van der Waals surface area contributed by atoms with E-state index in [0.29, 0.717) is 12.8 Å². The van der Waals surface area contributed by atoms with Gasteiger partial charge in [0.15, 0.2) is 0 Å². The highest BCUT2D eigenvalue weighted by molar-refractivity contribution is 7.32. The van der Waals surface area contributed by atoms with Gasteiger partial charge in [0, 0.05) is 43.8 Å². The van der Waals surface area contributed by atoms with Gasteiger partial charge in [-0.1, -0.05) is 190 Å². The van der Waals surface area contributed by atoms with E-state index in [2.05, 4.69) is 229 Å². The van der Waals surface area contributed by atoms with Gasteiger partial charge in [-0.3, -0.25) is 9.05 Å². The maximum Gasteiger partial charge on any atom is 0.387 e. The van der Waals surface area contributed by atoms with Gasteiger partial charge in [0.1, 0.15) is 22.3 Å². The van der Waals surface area contributed by atoms with Crippen molar-refractivity contribution in [2.75, 3.05) is 0 Å². The lowest BCUT2D eigenvalue weighted by molar-refractivity contribution is 0.211. The Bertz CT molecular complexity index is 2590. The molecule has 386 valence electrons. The summed E-state index contributed by atoms with van der Waals surface area (Å²) in [5, 5.41) is 4.26. The molecule has 0 unspecified atom stereocenters. The second-order valence-corrected chi connectivity index (χ2v) is 30.9. The van der Waals surface area contributed by atoms with E-state index >= 15 is 0 Å². The maximum atomic E-state index is 7.13. The molecule has 0 aliphatic carbocycles. The van der Waals surface area contributed by atoms with E-state index < -0.39 is 16.5 Å². The smallest absolute Gasteiger partial charge is 0.387 e. The van der Waals surface area contributed by atoms with E-state index in [0.717, 1.165) is 66.1 Å². The number of fused-ring (bicyclic) bond motifs is 6. The highest BCUT2D eigenvalue weighted by atomic mass is 31.1. The van der Waals surface area contributed by atoms with Gasteiger partial charge in [-0.05, 0) is 117 Å². The summed E-state index contributed by atoms with van der Waals surface area (Å²) in [5.41, 5.74) is 11.9. The summed E-state index contributed by atoms with van der Waals surface area (Å²) < 4.78 is 42.4. The summed E-state index contributed by atoms with van der Waals surface area (Å²) in [5.74, 6) is 0. The van der Waals surface area contributed by atoms with Crippen molar-refractivity contribution in [3.8, 4) is 0 Å². The van der Waals surface area contributed by atoms with Gasteiger partial charge in [0.25, 0.3) is 0 Å². The molecule has 6 rings (SSSR count). The number of rotatable bonds is 7. The van der Waals surface area contributed by atoms with Crippen LogP contribution in [0.3, 0.4) is 0 Å². The Hall–Kier alpha value is -3.40. The van der Waals surface area contributed by atoms with Crippen molar-refractivity contribution < 1.29 is 25.8 Å². The molecule has 8 heteroatoms. The van der Waals surface area contributed by atoms with Gasteiger partial charge in [-0.2, -0.15) is 0 Å². The molecule has 0 saturated carbocycles. The first-order chi connectivity index (χ1) is 31.5. The van der Waals surface area contributed by atoms with Crippen LogP contribution in [0.25, 0.3) is 43.9 Å². The summed E-state index contributed by atoms with van der Waals surface area (Å²) in [4.78, 5) is 0. The van der Waals surface area contributed by atoms with Crippen molar-refractivity contribution in [1.29, 1.82) is 0 Å². The molecule has 0 radical (unpaired) electrons. The summed E-state index contributed by atoms with van der Waals surface area (Å²) in [7, 11) is -3.72. The summed E-state index contributed by atoms with van der Waals surface area (Å²) in [6.45, 7) is 58.9. The molecule has 0 aliphatic heterocycles. The Balaban J connectivity index is 1.49. The molecule has 0 bridgehead atoms. The van der Waals surface area contributed by atoms with Crippen molar-refractivity contribution in [3.05, 3.63) is 93.0 Å². The molecule has 2 aromatic heterocycles. The van der Waals surface area contributed by atoms with Crippen molar-refractivity contribution in [2.45, 2.75) is 248 Å². The predicted octanol–water partition coefficient (Wildman–Crippen LogP) is 20.4. The van der Waals surface area contributed by atoms with E-state index in [9.17, 15) is 0 Å². The first-order valence-electron chi connectivity index (χ1n) is 26.0. The van der Waals surface area contributed by atoms with Crippen LogP contribution < -0.4 is 9.05 Å². The molecule has 70 heavy (non-hydrogen) atoms. The number of benzene rings is 4. The third kappa shape index (κ3) is 12.3. The number of hydrogen-bond acceptors (Lipinski definition) is 6. The largest absolute Gasteiger partial charge is 0.399 e. The first kappa shape index (κ1) is 55.9. The molecule has 0 saturated heterocycles. The Morgan fingerprint density at radius 1 is 0.314 bits per heavy atom. The van der Waals surface area contributed by atoms with Crippen LogP contribution in [0, 0.1) is 0 Å². The Kier molecular flexibility index (Phi) is 15.0. The summed E-state index contributed by atoms with van der Waals surface area (Å²) >= 11 is 0. The lowest BCUT2D eigenvalue weighted by atomic mass is 9.77. The molecule has 4 aromatic carbocycles. The van der Waals surface area contributed by atoms with Crippen LogP contribution in [0.2, 0.25) is 0 Å². The Morgan fingerprint density at radius 3 is 0.657 bits per heavy atom. The SMILES string of the molecule is C[C@@H](CC[C@H](C)Op1oc2c(C(C)(C)C)cc(C(C)(C)C)cc2c2cc(C(C)(C)C)cc(C(C)(C)C)c2o1)Op1oc2c(C(C)(C)C)cc(C(C)(C)C)cc2c2cc(C(C)(C)C)cc(C(C)(C)C)c2o1. The third-order valence-electron chi connectivity index (χ3n) is 13.8. The van der Waals surface area contributed by atoms with E-state index in [4.69, 9.17) is 25.8 Å². The van der Waals surface area contributed by atoms with Crippen molar-refractivity contribution >= 4 is 60.4 Å². The molecule has 0 N–H and O–H groups in total. The molecular weight excluding hydrogens is 903 g/mol. The minimum atomic E-state index is -1.86. The minimum absolute atomic E-state index is 0.0817. The molecule has 2 heterocycles. The fourth-order valence-electron chi connectivity index (χ4n) is 8.96. The normalized spacial score (nSPS) is 14.8. The maximum absolute atomic E-state index is 7.13. The monoisotopic (exact) mass is 995 g/mol. The standard InChI is InChI=1S/C62H92O6P2/c1-37(63-69-65-51-43(29-39(55(3,4)5)33-47(51)59(15,16)17)44-30-40(56(6,7)8)34-48(52(44)66-69)60(18,19)20)27-28-38(2)64-70-67-53-45(31-41(57(9,10)11)35-49(53)61(21,22)23)46-32-42(58(12,13)14)36-50(54(46)68-70)62(24,25)26/h29-38H,27-28H2,1-26H3/t37-,38-/m0/s1. The lowest BCUT2D eigenvalue weighted by Crippen LogP contribution is -2.17. The Labute approximate surface area is 425 Å². The molecule has 0 fully saturated rings. The summed E-state index contributed by atoms with van der Waals surface area (Å²) in [6.07, 6.45) is 0.991. The zero-order chi connectivity index (χ0) is 52.9. The van der Waals surface area contributed by atoms with E-state index in [1.807, 2.05) is 0 Å². The van der Waals surface area contributed by atoms with Gasteiger partial charge < -0.3 is 16.8 Å². The Morgan fingerprint density at radius 2 is 0.500 bits per heavy atom. The molecule has 0 spiro atoms. The van der Waals surface area contributed by atoms with Crippen LogP contribution in [0.4, 0.5) is 0 Å². The van der Waals surface area contributed by atoms with Gasteiger partial charge in [0.2, 0.25) is 0 Å². The molecule has 0 aliphatic rings. The van der Waals surface area contributed by atoms with Crippen LogP contribution in [0.15, 0.2) is 65.3 Å². The van der Waals surface area contributed by atoms with E-state index in [1.165, 1.54) is 22.3 Å². The van der Waals surface area contributed by atoms with Crippen LogP contribution in [-0.4, -0.2) is 12.2 Å². The lowest BCUT2D eigenvalue weighted by Gasteiger charge is -2.27. The molecule has 6 nitrogen and oxygen atoms in total. The van der Waals surface area contributed by atoms with Crippen molar-refractivity contribution in [1.82, 2.24) is 0 Å². The van der Waals surface area contributed by atoms with Crippen molar-refractivity contribution in [2.24, 2.45) is 0 Å². The van der Waals surface area contributed by atoms with Gasteiger partial charge in [-0.25, -0.2) is 0 Å². The van der Waals surface area contributed by atoms with Crippen LogP contribution >= 0.6 is 16.5 Å². The first-order valence-corrected chi connectivity index (χ1v) is 28.2. The van der Waals surface area contributed by atoms with E-state index in [-0.39, 0.29) is 55.5 Å². The minimum Gasteiger partial charge on any atom is -0.399 e. The molecular formula is C62H92O6P2. The fraction of sp³-hybridized carbons (Fsp3) is 0.613. The average molecular weight is 995 g/mol. The van der Waals surface area contributed by atoms with Gasteiger partial charge in [-0.15, -0.1) is 0 Å². The average Bonchev–Trinajstić information content (AvgIpc) is 3.42. The summed E-state index contributed by atoms with van der Waals surface area (Å²) in [6, 6.07) is 18.7. The highest BCUT2D eigenvalue weighted by Crippen LogP contribution is 2.48. The molecule has 6 aromatic rings. The third-order valence-corrected chi connectivity index (χ3v) is 16.2. The van der Waals surface area contributed by atoms with Crippen molar-refractivity contribution in [3.63, 3.8) is 0 Å². The molecule has 2 atom stereocenters. The van der Waals surface area contributed by atoms with Crippen LogP contribution in [0.5, 0.6) is 0 Å². The van der Waals surface area contributed by atoms with Crippen LogP contribution in [-0.2, 0) is 43.3 Å². The molecule has 0 amide bonds. The zero-order valence-corrected chi connectivity index (χ0v) is 50.3. The topological polar surface area (TPSA) is 71.0 Å².